The van der Waals surface area contributed by atoms with Crippen molar-refractivity contribution >= 4 is 47.0 Å². The molecule has 4 aliphatic rings. The molecule has 0 unspecified atom stereocenters. The van der Waals surface area contributed by atoms with Gasteiger partial charge in [-0.3, -0.25) is 9.59 Å². The Labute approximate surface area is 337 Å². The van der Waals surface area contributed by atoms with Crippen LogP contribution in [0.25, 0.3) is 17.2 Å². The Hall–Kier alpha value is -5.35. The summed E-state index contributed by atoms with van der Waals surface area (Å²) < 4.78 is 49.5. The molecule has 1 amide bonds. The molecule has 1 saturated carbocycles. The van der Waals surface area contributed by atoms with Gasteiger partial charge in [-0.1, -0.05) is 31.2 Å². The van der Waals surface area contributed by atoms with Crippen LogP contribution in [0.2, 0.25) is 0 Å². The van der Waals surface area contributed by atoms with Gasteiger partial charge in [0.1, 0.15) is 12.0 Å². The summed E-state index contributed by atoms with van der Waals surface area (Å²) in [5.74, 6) is 0.768. The Kier molecular flexibility index (Phi) is 11.2. The number of piperazine rings is 1. The first-order chi connectivity index (χ1) is 28.1. The number of ether oxygens (including phenoxy) is 1. The van der Waals surface area contributed by atoms with Crippen molar-refractivity contribution in [2.24, 2.45) is 0 Å². The lowest BCUT2D eigenvalue weighted by atomic mass is 9.83. The van der Waals surface area contributed by atoms with Crippen LogP contribution in [0.15, 0.2) is 59.4 Å². The zero-order valence-corrected chi connectivity index (χ0v) is 33.2. The van der Waals surface area contributed by atoms with Crippen molar-refractivity contribution < 1.29 is 27.5 Å². The first-order valence-electron chi connectivity index (χ1n) is 19.7. The molecule has 58 heavy (non-hydrogen) atoms. The summed E-state index contributed by atoms with van der Waals surface area (Å²) >= 11 is 1.68. The molecular formula is C42H45F3N8O4S. The predicted molar refractivity (Wildman–Crippen MR) is 219 cm³/mol. The number of aldehydes is 1. The molecule has 2 fully saturated rings. The maximum atomic E-state index is 14.1. The van der Waals surface area contributed by atoms with Crippen molar-refractivity contribution in [3.63, 3.8) is 0 Å². The second-order valence-electron chi connectivity index (χ2n) is 14.8. The summed E-state index contributed by atoms with van der Waals surface area (Å²) in [4.78, 5) is 48.1. The van der Waals surface area contributed by atoms with E-state index in [1.165, 1.54) is 29.0 Å². The SMILES string of the molecule is CCc1c(N2CCN(C(=O)c3ccccc3NSC3CC3)CC2)c(=O)n2nc(-c3ccc4c(c3)CCOC4)nc2n1CC=O.CNc1ccc(C(F)(F)F)c2c1CC2. The van der Waals surface area contributed by atoms with Gasteiger partial charge in [0.05, 0.1) is 42.3 Å². The number of hydrogen-bond donors (Lipinski definition) is 2. The number of benzene rings is 3. The average Bonchev–Trinajstić information content (AvgIpc) is 3.95. The summed E-state index contributed by atoms with van der Waals surface area (Å²) in [6.07, 6.45) is 1.66. The van der Waals surface area contributed by atoms with Crippen LogP contribution >= 0.6 is 11.9 Å². The molecule has 9 rings (SSSR count). The molecular weight excluding hydrogens is 770 g/mol. The molecule has 2 aromatic heterocycles. The number of amides is 1. The number of hydrogen-bond acceptors (Lipinski definition) is 10. The van der Waals surface area contributed by atoms with Crippen molar-refractivity contribution in [3.8, 4) is 11.4 Å². The molecule has 1 saturated heterocycles. The number of fused-ring (bicyclic) bond motifs is 3. The van der Waals surface area contributed by atoms with Gasteiger partial charge >= 0.3 is 6.18 Å². The Morgan fingerprint density at radius 3 is 2.45 bits per heavy atom. The Morgan fingerprint density at radius 1 is 0.983 bits per heavy atom. The Morgan fingerprint density at radius 2 is 1.76 bits per heavy atom. The van der Waals surface area contributed by atoms with E-state index in [4.69, 9.17) is 9.72 Å². The minimum Gasteiger partial charge on any atom is -0.388 e. The highest BCUT2D eigenvalue weighted by Crippen LogP contribution is 2.41. The van der Waals surface area contributed by atoms with Gasteiger partial charge in [0.15, 0.2) is 5.82 Å². The van der Waals surface area contributed by atoms with Crippen molar-refractivity contribution in [1.29, 1.82) is 0 Å². The molecule has 2 aliphatic heterocycles. The molecule has 2 aliphatic carbocycles. The number of carbonyl (C=O) groups excluding carboxylic acids is 2. The number of rotatable bonds is 10. The van der Waals surface area contributed by atoms with Gasteiger partial charge in [-0.05, 0) is 103 Å². The fourth-order valence-corrected chi connectivity index (χ4v) is 8.73. The molecule has 304 valence electrons. The van der Waals surface area contributed by atoms with E-state index >= 15 is 0 Å². The number of carbonyl (C=O) groups is 2. The minimum absolute atomic E-state index is 0.0220. The van der Waals surface area contributed by atoms with E-state index in [0.29, 0.717) is 85.9 Å². The first-order valence-corrected chi connectivity index (χ1v) is 20.6. The van der Waals surface area contributed by atoms with E-state index in [0.717, 1.165) is 59.0 Å². The predicted octanol–water partition coefficient (Wildman–Crippen LogP) is 6.42. The molecule has 0 atom stereocenters. The smallest absolute Gasteiger partial charge is 0.388 e. The number of aromatic nitrogens is 4. The molecule has 2 N–H and O–H groups in total. The molecule has 0 spiro atoms. The van der Waals surface area contributed by atoms with Crippen molar-refractivity contribution in [2.75, 3.05) is 54.8 Å². The monoisotopic (exact) mass is 814 g/mol. The standard InChI is InChI=1S/C32H35N7O4S.C10H10F3N/c1-2-27-28(36-12-14-37(15-13-36)30(41)25-5-3-4-6-26(25)35-44-24-9-10-24)31(42)39-32(38(27)16-17-40)33-29(34-39)22-7-8-23-20-43-18-11-21(23)19-22;1-14-9-5-4-8(10(11,12)13)6-2-3-7(6)9/h3-8,17,19,24,35H,2,9-16,18,20H2,1H3;4-5,14H,2-3H2,1H3. The molecule has 12 nitrogen and oxygen atoms in total. The molecule has 4 heterocycles. The van der Waals surface area contributed by atoms with E-state index in [1.807, 2.05) is 53.1 Å². The topological polar surface area (TPSA) is 126 Å². The lowest BCUT2D eigenvalue weighted by Gasteiger charge is -2.37. The minimum atomic E-state index is -4.21. The molecule has 16 heteroatoms. The van der Waals surface area contributed by atoms with E-state index < -0.39 is 11.7 Å². The molecule has 0 bridgehead atoms. The van der Waals surface area contributed by atoms with Crippen LogP contribution in [0.3, 0.4) is 0 Å². The maximum Gasteiger partial charge on any atom is 0.416 e. The summed E-state index contributed by atoms with van der Waals surface area (Å²) in [7, 11) is 1.72. The number of para-hydroxylation sites is 1. The van der Waals surface area contributed by atoms with E-state index in [1.54, 1.807) is 23.6 Å². The van der Waals surface area contributed by atoms with Crippen LogP contribution in [0.4, 0.5) is 30.2 Å². The molecule has 5 aromatic rings. The van der Waals surface area contributed by atoms with Crippen LogP contribution in [-0.2, 0) is 54.5 Å². The highest BCUT2D eigenvalue weighted by Gasteiger charge is 2.37. The van der Waals surface area contributed by atoms with Crippen molar-refractivity contribution in [1.82, 2.24) is 24.1 Å². The summed E-state index contributed by atoms with van der Waals surface area (Å²) in [5, 5.41) is 8.17. The highest BCUT2D eigenvalue weighted by molar-refractivity contribution is 8.01. The Balaban J connectivity index is 0.000000283. The van der Waals surface area contributed by atoms with E-state index in [9.17, 15) is 27.6 Å². The van der Waals surface area contributed by atoms with Crippen LogP contribution in [0.5, 0.6) is 0 Å². The van der Waals surface area contributed by atoms with Crippen molar-refractivity contribution in [3.05, 3.63) is 104 Å². The summed E-state index contributed by atoms with van der Waals surface area (Å²) in [5.41, 5.74) is 7.26. The summed E-state index contributed by atoms with van der Waals surface area (Å²) in [6, 6.07) is 16.3. The molecule has 0 radical (unpaired) electrons. The number of nitrogens with one attached hydrogen (secondary N) is 2. The second kappa shape index (κ2) is 16.5. The first kappa shape index (κ1) is 39.5. The normalized spacial score (nSPS) is 16.2. The number of alkyl halides is 3. The molecule has 3 aromatic carbocycles. The summed E-state index contributed by atoms with van der Waals surface area (Å²) in [6.45, 7) is 5.20. The van der Waals surface area contributed by atoms with Crippen molar-refractivity contribution in [2.45, 2.75) is 70.0 Å². The van der Waals surface area contributed by atoms with Gasteiger partial charge in [0, 0.05) is 49.7 Å². The third-order valence-corrected chi connectivity index (χ3v) is 12.3. The van der Waals surface area contributed by atoms with Crippen LogP contribution in [0.1, 0.15) is 63.6 Å². The zero-order chi connectivity index (χ0) is 40.6. The lowest BCUT2D eigenvalue weighted by molar-refractivity contribution is -0.138. The third-order valence-electron chi connectivity index (χ3n) is 11.2. The maximum absolute atomic E-state index is 14.1. The van der Waals surface area contributed by atoms with E-state index in [2.05, 4.69) is 21.2 Å². The highest BCUT2D eigenvalue weighted by atomic mass is 32.2. The van der Waals surface area contributed by atoms with Gasteiger partial charge in [0.2, 0.25) is 5.78 Å². The number of nitrogens with zero attached hydrogens (tertiary/aromatic N) is 6. The van der Waals surface area contributed by atoms with Gasteiger partial charge < -0.3 is 33.9 Å². The van der Waals surface area contributed by atoms with Gasteiger partial charge in [-0.2, -0.15) is 22.7 Å². The van der Waals surface area contributed by atoms with Gasteiger partial charge in [-0.25, -0.2) is 0 Å². The second-order valence-corrected chi connectivity index (χ2v) is 15.9. The van der Waals surface area contributed by atoms with Crippen LogP contribution < -0.4 is 20.5 Å². The number of halogens is 3. The quantitative estimate of drug-likeness (QED) is 0.121. The Bertz CT molecular complexity index is 2420. The third kappa shape index (κ3) is 7.78. The largest absolute Gasteiger partial charge is 0.416 e. The van der Waals surface area contributed by atoms with Gasteiger partial charge in [0.25, 0.3) is 11.5 Å². The van der Waals surface area contributed by atoms with E-state index in [-0.39, 0.29) is 18.0 Å². The number of anilines is 3. The fourth-order valence-electron chi connectivity index (χ4n) is 7.89. The zero-order valence-electron chi connectivity index (χ0n) is 32.4. The fraction of sp³-hybridized carbons (Fsp3) is 0.405. The van der Waals surface area contributed by atoms with Gasteiger partial charge in [-0.15, -0.1) is 5.10 Å². The van der Waals surface area contributed by atoms with Crippen LogP contribution in [-0.4, -0.2) is 81.3 Å². The van der Waals surface area contributed by atoms with Crippen LogP contribution in [0, 0.1) is 0 Å². The average molecular weight is 815 g/mol. The lowest BCUT2D eigenvalue weighted by Crippen LogP contribution is -2.51.